The molecule has 1 amide bonds. The second-order valence-corrected chi connectivity index (χ2v) is 5.20. The van der Waals surface area contributed by atoms with Crippen LogP contribution >= 0.6 is 0 Å². The average molecular weight is 293 g/mol. The van der Waals surface area contributed by atoms with Gasteiger partial charge in [0.1, 0.15) is 0 Å². The molecule has 0 fully saturated rings. The van der Waals surface area contributed by atoms with Gasteiger partial charge < -0.3 is 20.5 Å². The number of carbonyl (C=O) groups excluding carboxylic acids is 1. The molecule has 1 atom stereocenters. The van der Waals surface area contributed by atoms with Crippen LogP contribution in [0.3, 0.4) is 0 Å². The number of hydrogen-bond acceptors (Lipinski definition) is 5. The van der Waals surface area contributed by atoms with E-state index in [9.17, 15) is 4.79 Å². The highest BCUT2D eigenvalue weighted by Crippen LogP contribution is 2.33. The van der Waals surface area contributed by atoms with E-state index in [1.54, 1.807) is 21.3 Å². The molecule has 0 bridgehead atoms. The number of primary amides is 1. The number of carbonyl (C=O) groups is 1. The van der Waals surface area contributed by atoms with Crippen LogP contribution < -0.4 is 20.5 Å². The van der Waals surface area contributed by atoms with Crippen molar-refractivity contribution in [2.24, 2.45) is 5.73 Å². The normalized spacial score (nSPS) is 16.1. The Morgan fingerprint density at radius 1 is 1.33 bits per heavy atom. The van der Waals surface area contributed by atoms with Gasteiger partial charge in [-0.05, 0) is 36.7 Å². The van der Waals surface area contributed by atoms with Crippen LogP contribution in [-0.4, -0.2) is 51.2 Å². The number of methoxy groups -OCH3 is 2. The summed E-state index contributed by atoms with van der Waals surface area (Å²) < 4.78 is 10.7. The SMILES string of the molecule is CNC(CN1CCc2cc(OC)c(OC)cc2C1)C(N)=O. The molecule has 0 aromatic heterocycles. The topological polar surface area (TPSA) is 76.8 Å². The summed E-state index contributed by atoms with van der Waals surface area (Å²) in [6.45, 7) is 2.29. The Hall–Kier alpha value is -1.79. The number of amides is 1. The number of fused-ring (bicyclic) bond motifs is 1. The van der Waals surface area contributed by atoms with Crippen LogP contribution in [0.1, 0.15) is 11.1 Å². The summed E-state index contributed by atoms with van der Waals surface area (Å²) in [5, 5.41) is 2.95. The molecule has 0 saturated heterocycles. The van der Waals surface area contributed by atoms with E-state index in [0.29, 0.717) is 6.54 Å². The molecule has 1 unspecified atom stereocenters. The van der Waals surface area contributed by atoms with Gasteiger partial charge in [0, 0.05) is 19.6 Å². The van der Waals surface area contributed by atoms with Crippen LogP contribution in [0.5, 0.6) is 11.5 Å². The smallest absolute Gasteiger partial charge is 0.235 e. The monoisotopic (exact) mass is 293 g/mol. The van der Waals surface area contributed by atoms with Crippen LogP contribution in [0.4, 0.5) is 0 Å². The second kappa shape index (κ2) is 6.78. The minimum Gasteiger partial charge on any atom is -0.493 e. The van der Waals surface area contributed by atoms with Gasteiger partial charge in [-0.15, -0.1) is 0 Å². The maximum atomic E-state index is 11.3. The minimum absolute atomic E-state index is 0.324. The highest BCUT2D eigenvalue weighted by Gasteiger charge is 2.23. The Morgan fingerprint density at radius 2 is 1.95 bits per heavy atom. The van der Waals surface area contributed by atoms with Crippen molar-refractivity contribution in [2.75, 3.05) is 34.4 Å². The Bertz CT molecular complexity index is 519. The number of nitrogens with zero attached hydrogens (tertiary/aromatic N) is 1. The number of hydrogen-bond donors (Lipinski definition) is 2. The van der Waals surface area contributed by atoms with Crippen molar-refractivity contribution in [3.05, 3.63) is 23.3 Å². The van der Waals surface area contributed by atoms with E-state index in [-0.39, 0.29) is 11.9 Å². The number of nitrogens with one attached hydrogen (secondary N) is 1. The number of ether oxygens (including phenoxy) is 2. The van der Waals surface area contributed by atoms with E-state index in [1.807, 2.05) is 12.1 Å². The van der Waals surface area contributed by atoms with Crippen molar-refractivity contribution in [1.82, 2.24) is 10.2 Å². The summed E-state index contributed by atoms with van der Waals surface area (Å²) in [5.74, 6) is 1.17. The second-order valence-electron chi connectivity index (χ2n) is 5.20. The van der Waals surface area contributed by atoms with Gasteiger partial charge in [0.15, 0.2) is 11.5 Å². The quantitative estimate of drug-likeness (QED) is 0.780. The molecule has 1 aliphatic rings. The standard InChI is InChI=1S/C15H23N3O3/c1-17-12(15(16)19)9-18-5-4-10-6-13(20-2)14(21-3)7-11(10)8-18/h6-7,12,17H,4-5,8-9H2,1-3H3,(H2,16,19). The van der Waals surface area contributed by atoms with Crippen LogP contribution in [-0.2, 0) is 17.8 Å². The number of likely N-dealkylation sites (N-methyl/N-ethyl adjacent to an activating group) is 1. The first-order valence-electron chi connectivity index (χ1n) is 7.01. The van der Waals surface area contributed by atoms with Crippen molar-refractivity contribution in [1.29, 1.82) is 0 Å². The van der Waals surface area contributed by atoms with E-state index in [4.69, 9.17) is 15.2 Å². The highest BCUT2D eigenvalue weighted by molar-refractivity contribution is 5.80. The number of nitrogens with two attached hydrogens (primary N) is 1. The Morgan fingerprint density at radius 3 is 2.48 bits per heavy atom. The summed E-state index contributed by atoms with van der Waals surface area (Å²) in [4.78, 5) is 13.6. The van der Waals surface area contributed by atoms with Gasteiger partial charge in [0.2, 0.25) is 5.91 Å². The third-order valence-corrected chi connectivity index (χ3v) is 3.93. The molecule has 21 heavy (non-hydrogen) atoms. The number of rotatable bonds is 6. The Labute approximate surface area is 125 Å². The molecule has 6 nitrogen and oxygen atoms in total. The third kappa shape index (κ3) is 3.46. The molecule has 2 rings (SSSR count). The maximum Gasteiger partial charge on any atom is 0.235 e. The zero-order valence-corrected chi connectivity index (χ0v) is 12.8. The largest absolute Gasteiger partial charge is 0.493 e. The third-order valence-electron chi connectivity index (χ3n) is 3.93. The lowest BCUT2D eigenvalue weighted by molar-refractivity contribution is -0.120. The van der Waals surface area contributed by atoms with Gasteiger partial charge in [-0.3, -0.25) is 9.69 Å². The molecule has 0 saturated carbocycles. The fourth-order valence-electron chi connectivity index (χ4n) is 2.68. The van der Waals surface area contributed by atoms with E-state index < -0.39 is 0 Å². The summed E-state index contributed by atoms with van der Waals surface area (Å²) in [6.07, 6.45) is 0.922. The van der Waals surface area contributed by atoms with Gasteiger partial charge in [-0.25, -0.2) is 0 Å². The van der Waals surface area contributed by atoms with Crippen molar-refractivity contribution in [2.45, 2.75) is 19.0 Å². The summed E-state index contributed by atoms with van der Waals surface area (Å²) >= 11 is 0. The number of benzene rings is 1. The van der Waals surface area contributed by atoms with E-state index in [2.05, 4.69) is 10.2 Å². The van der Waals surface area contributed by atoms with Crippen molar-refractivity contribution in [3.8, 4) is 11.5 Å². The molecular weight excluding hydrogens is 270 g/mol. The lowest BCUT2D eigenvalue weighted by Gasteiger charge is -2.31. The van der Waals surface area contributed by atoms with Crippen molar-refractivity contribution in [3.63, 3.8) is 0 Å². The fourth-order valence-corrected chi connectivity index (χ4v) is 2.68. The van der Waals surface area contributed by atoms with Crippen molar-refractivity contribution >= 4 is 5.91 Å². The molecule has 0 spiro atoms. The van der Waals surface area contributed by atoms with Crippen LogP contribution in [0.2, 0.25) is 0 Å². The summed E-state index contributed by atoms with van der Waals surface area (Å²) in [5.41, 5.74) is 7.85. The first-order chi connectivity index (χ1) is 10.1. The van der Waals surface area contributed by atoms with Gasteiger partial charge in [-0.1, -0.05) is 0 Å². The predicted molar refractivity (Wildman–Crippen MR) is 80.6 cm³/mol. The summed E-state index contributed by atoms with van der Waals surface area (Å²) in [6, 6.07) is 3.72. The molecule has 3 N–H and O–H groups in total. The lowest BCUT2D eigenvalue weighted by Crippen LogP contribution is -2.48. The molecule has 116 valence electrons. The van der Waals surface area contributed by atoms with Crippen LogP contribution in [0.25, 0.3) is 0 Å². The molecule has 0 radical (unpaired) electrons. The Kier molecular flexibility index (Phi) is 5.03. The van der Waals surface area contributed by atoms with E-state index >= 15 is 0 Å². The van der Waals surface area contributed by atoms with E-state index in [0.717, 1.165) is 31.0 Å². The molecule has 1 aliphatic heterocycles. The lowest BCUT2D eigenvalue weighted by atomic mass is 9.98. The first kappa shape index (κ1) is 15.6. The first-order valence-corrected chi connectivity index (χ1v) is 7.01. The minimum atomic E-state index is -0.327. The summed E-state index contributed by atoms with van der Waals surface area (Å²) in [7, 11) is 5.03. The molecule has 1 aromatic carbocycles. The van der Waals surface area contributed by atoms with Crippen LogP contribution in [0.15, 0.2) is 12.1 Å². The van der Waals surface area contributed by atoms with E-state index in [1.165, 1.54) is 11.1 Å². The van der Waals surface area contributed by atoms with Crippen LogP contribution in [0, 0.1) is 0 Å². The molecule has 6 heteroatoms. The maximum absolute atomic E-state index is 11.3. The molecule has 1 heterocycles. The predicted octanol–water partition coefficient (Wildman–Crippen LogP) is 0.135. The Balaban J connectivity index is 2.14. The van der Waals surface area contributed by atoms with Gasteiger partial charge in [-0.2, -0.15) is 0 Å². The molecule has 1 aromatic rings. The van der Waals surface area contributed by atoms with Gasteiger partial charge in [0.25, 0.3) is 0 Å². The molecular formula is C15H23N3O3. The zero-order chi connectivity index (χ0) is 15.4. The van der Waals surface area contributed by atoms with Gasteiger partial charge >= 0.3 is 0 Å². The zero-order valence-electron chi connectivity index (χ0n) is 12.8. The van der Waals surface area contributed by atoms with Crippen molar-refractivity contribution < 1.29 is 14.3 Å². The van der Waals surface area contributed by atoms with Gasteiger partial charge in [0.05, 0.1) is 20.3 Å². The molecule has 0 aliphatic carbocycles. The average Bonchev–Trinajstić information content (AvgIpc) is 2.50. The fraction of sp³-hybridized carbons (Fsp3) is 0.533. The highest BCUT2D eigenvalue weighted by atomic mass is 16.5.